The molecule has 2 aromatic heterocycles. The van der Waals surface area contributed by atoms with E-state index in [0.29, 0.717) is 10.8 Å². The second-order valence-corrected chi connectivity index (χ2v) is 4.06. The molecule has 2 heterocycles. The zero-order valence-corrected chi connectivity index (χ0v) is 8.07. The summed E-state index contributed by atoms with van der Waals surface area (Å²) >= 11 is 5.84. The van der Waals surface area contributed by atoms with E-state index in [1.54, 1.807) is 16.8 Å². The molecule has 2 aromatic rings. The molecule has 1 fully saturated rings. The Bertz CT molecular complexity index is 501. The van der Waals surface area contributed by atoms with E-state index >= 15 is 0 Å². The van der Waals surface area contributed by atoms with Gasteiger partial charge in [0, 0.05) is 6.20 Å². The Morgan fingerprint density at radius 3 is 2.93 bits per heavy atom. The highest BCUT2D eigenvalue weighted by Gasteiger charge is 2.44. The van der Waals surface area contributed by atoms with Crippen LogP contribution in [0.2, 0.25) is 5.02 Å². The highest BCUT2D eigenvalue weighted by Crippen LogP contribution is 2.41. The molecule has 0 saturated heterocycles. The summed E-state index contributed by atoms with van der Waals surface area (Å²) in [6.45, 7) is 0. The van der Waals surface area contributed by atoms with Crippen LogP contribution >= 0.6 is 11.6 Å². The molecule has 0 aliphatic heterocycles. The van der Waals surface area contributed by atoms with Gasteiger partial charge in [0.25, 0.3) is 5.78 Å². The molecular weight excluding hydrogens is 202 g/mol. The van der Waals surface area contributed by atoms with Crippen LogP contribution in [0, 0.1) is 0 Å². The Morgan fingerprint density at radius 1 is 1.43 bits per heavy atom. The van der Waals surface area contributed by atoms with Gasteiger partial charge in [-0.2, -0.15) is 0 Å². The van der Waals surface area contributed by atoms with Gasteiger partial charge in [-0.15, -0.1) is 10.2 Å². The first-order valence-electron chi connectivity index (χ1n) is 4.35. The second kappa shape index (κ2) is 2.43. The quantitative estimate of drug-likeness (QED) is 0.752. The van der Waals surface area contributed by atoms with Crippen molar-refractivity contribution in [3.8, 4) is 0 Å². The highest BCUT2D eigenvalue weighted by atomic mass is 35.5. The van der Waals surface area contributed by atoms with Crippen LogP contribution in [0.15, 0.2) is 12.4 Å². The summed E-state index contributed by atoms with van der Waals surface area (Å²) in [6, 6.07) is 0. The molecule has 6 heteroatoms. The SMILES string of the molecule is NC1(c2nnc3ncc(Cl)cn23)CC1. The monoisotopic (exact) mass is 209 g/mol. The lowest BCUT2D eigenvalue weighted by Crippen LogP contribution is -2.22. The summed E-state index contributed by atoms with van der Waals surface area (Å²) in [6.07, 6.45) is 5.18. The van der Waals surface area contributed by atoms with Crippen molar-refractivity contribution in [3.05, 3.63) is 23.2 Å². The third-order valence-electron chi connectivity index (χ3n) is 2.47. The topological polar surface area (TPSA) is 69.1 Å². The molecular formula is C8H8ClN5. The molecule has 0 aromatic carbocycles. The van der Waals surface area contributed by atoms with Gasteiger partial charge in [-0.1, -0.05) is 11.6 Å². The lowest BCUT2D eigenvalue weighted by atomic mass is 10.3. The maximum absolute atomic E-state index is 6.03. The van der Waals surface area contributed by atoms with Crippen molar-refractivity contribution in [1.29, 1.82) is 0 Å². The van der Waals surface area contributed by atoms with Crippen LogP contribution in [0.5, 0.6) is 0 Å². The molecule has 0 atom stereocenters. The van der Waals surface area contributed by atoms with Gasteiger partial charge in [0.15, 0.2) is 5.82 Å². The predicted octanol–water partition coefficient (Wildman–Crippen LogP) is 0.725. The van der Waals surface area contributed by atoms with Gasteiger partial charge < -0.3 is 5.73 Å². The summed E-state index contributed by atoms with van der Waals surface area (Å²) < 4.78 is 1.76. The van der Waals surface area contributed by atoms with E-state index in [9.17, 15) is 0 Å². The van der Waals surface area contributed by atoms with E-state index < -0.39 is 0 Å². The Kier molecular flexibility index (Phi) is 1.41. The van der Waals surface area contributed by atoms with E-state index in [0.717, 1.165) is 18.7 Å². The Morgan fingerprint density at radius 2 is 2.21 bits per heavy atom. The number of nitrogens with zero attached hydrogens (tertiary/aromatic N) is 4. The Hall–Kier alpha value is -1.20. The molecule has 1 aliphatic rings. The van der Waals surface area contributed by atoms with Crippen molar-refractivity contribution in [2.45, 2.75) is 18.4 Å². The summed E-state index contributed by atoms with van der Waals surface area (Å²) in [7, 11) is 0. The van der Waals surface area contributed by atoms with E-state index in [4.69, 9.17) is 17.3 Å². The van der Waals surface area contributed by atoms with Crippen LogP contribution in [0.25, 0.3) is 5.78 Å². The van der Waals surface area contributed by atoms with Crippen LogP contribution in [0.3, 0.4) is 0 Å². The highest BCUT2D eigenvalue weighted by molar-refractivity contribution is 6.30. The van der Waals surface area contributed by atoms with Gasteiger partial charge >= 0.3 is 0 Å². The minimum Gasteiger partial charge on any atom is -0.319 e. The van der Waals surface area contributed by atoms with Crippen molar-refractivity contribution in [3.63, 3.8) is 0 Å². The average molecular weight is 210 g/mol. The summed E-state index contributed by atoms with van der Waals surface area (Å²) in [4.78, 5) is 4.04. The molecule has 1 aliphatic carbocycles. The van der Waals surface area contributed by atoms with Gasteiger partial charge in [0.05, 0.1) is 16.8 Å². The van der Waals surface area contributed by atoms with Gasteiger partial charge in [-0.05, 0) is 12.8 Å². The second-order valence-electron chi connectivity index (χ2n) is 3.62. The van der Waals surface area contributed by atoms with Crippen molar-refractivity contribution >= 4 is 17.4 Å². The number of hydrogen-bond acceptors (Lipinski definition) is 4. The van der Waals surface area contributed by atoms with Gasteiger partial charge in [-0.25, -0.2) is 4.98 Å². The van der Waals surface area contributed by atoms with Crippen LogP contribution in [0.4, 0.5) is 0 Å². The zero-order valence-electron chi connectivity index (χ0n) is 7.31. The summed E-state index contributed by atoms with van der Waals surface area (Å²) in [5.74, 6) is 1.30. The fourth-order valence-corrected chi connectivity index (χ4v) is 1.61. The summed E-state index contributed by atoms with van der Waals surface area (Å²) in [5, 5.41) is 8.52. The van der Waals surface area contributed by atoms with Crippen molar-refractivity contribution < 1.29 is 0 Å². The van der Waals surface area contributed by atoms with Crippen molar-refractivity contribution in [1.82, 2.24) is 19.6 Å². The molecule has 2 N–H and O–H groups in total. The van der Waals surface area contributed by atoms with Crippen LogP contribution in [0.1, 0.15) is 18.7 Å². The lowest BCUT2D eigenvalue weighted by Gasteiger charge is -2.04. The van der Waals surface area contributed by atoms with E-state index in [2.05, 4.69) is 15.2 Å². The smallest absolute Gasteiger partial charge is 0.255 e. The zero-order chi connectivity index (χ0) is 9.76. The number of halogens is 1. The summed E-state index contributed by atoms with van der Waals surface area (Å²) in [5.41, 5.74) is 5.72. The fraction of sp³-hybridized carbons (Fsp3) is 0.375. The molecule has 0 bridgehead atoms. The number of fused-ring (bicyclic) bond motifs is 1. The molecule has 1 saturated carbocycles. The Balaban J connectivity index is 2.29. The number of rotatable bonds is 1. The molecule has 0 unspecified atom stereocenters. The standard InChI is InChI=1S/C8H8ClN5/c9-5-3-11-7-13-12-6(14(7)4-5)8(10)1-2-8/h3-4H,1-2,10H2. The third-order valence-corrected chi connectivity index (χ3v) is 2.66. The van der Waals surface area contributed by atoms with E-state index in [-0.39, 0.29) is 5.54 Å². The first-order valence-corrected chi connectivity index (χ1v) is 4.72. The normalized spacial score (nSPS) is 18.7. The van der Waals surface area contributed by atoms with Crippen LogP contribution in [-0.2, 0) is 5.54 Å². The average Bonchev–Trinajstić information content (AvgIpc) is 2.77. The number of hydrogen-bond donors (Lipinski definition) is 1. The van der Waals surface area contributed by atoms with Gasteiger partial charge in [0.1, 0.15) is 0 Å². The molecule has 72 valence electrons. The fourth-order valence-electron chi connectivity index (χ4n) is 1.46. The van der Waals surface area contributed by atoms with Crippen LogP contribution < -0.4 is 5.73 Å². The number of aromatic nitrogens is 4. The first kappa shape index (κ1) is 8.14. The van der Waals surface area contributed by atoms with E-state index in [1.807, 2.05) is 0 Å². The molecule has 5 nitrogen and oxygen atoms in total. The molecule has 0 spiro atoms. The minimum atomic E-state index is -0.314. The molecule has 3 rings (SSSR count). The minimum absolute atomic E-state index is 0.314. The molecule has 14 heavy (non-hydrogen) atoms. The number of nitrogens with two attached hydrogens (primary N) is 1. The third kappa shape index (κ3) is 1.03. The molecule has 0 amide bonds. The lowest BCUT2D eigenvalue weighted by molar-refractivity contribution is 0.661. The maximum atomic E-state index is 6.03. The van der Waals surface area contributed by atoms with Crippen LogP contribution in [-0.4, -0.2) is 19.6 Å². The molecule has 0 radical (unpaired) electrons. The van der Waals surface area contributed by atoms with Gasteiger partial charge in [-0.3, -0.25) is 4.40 Å². The maximum Gasteiger partial charge on any atom is 0.255 e. The Labute approximate surface area is 84.9 Å². The van der Waals surface area contributed by atoms with Gasteiger partial charge in [0.2, 0.25) is 0 Å². The largest absolute Gasteiger partial charge is 0.319 e. The van der Waals surface area contributed by atoms with Crippen molar-refractivity contribution in [2.24, 2.45) is 5.73 Å². The first-order chi connectivity index (χ1) is 6.69. The predicted molar refractivity (Wildman–Crippen MR) is 50.9 cm³/mol. The van der Waals surface area contributed by atoms with Crippen molar-refractivity contribution in [2.75, 3.05) is 0 Å². The van der Waals surface area contributed by atoms with E-state index in [1.165, 1.54) is 0 Å².